The average molecular weight is 329 g/mol. The summed E-state index contributed by atoms with van der Waals surface area (Å²) in [7, 11) is 0. The van der Waals surface area contributed by atoms with Crippen molar-refractivity contribution in [3.63, 3.8) is 0 Å². The fourth-order valence-electron chi connectivity index (χ4n) is 3.65. The van der Waals surface area contributed by atoms with E-state index in [1.54, 1.807) is 23.2 Å². The summed E-state index contributed by atoms with van der Waals surface area (Å²) in [5, 5.41) is 3.02. The zero-order valence-electron chi connectivity index (χ0n) is 13.7. The average Bonchev–Trinajstić information content (AvgIpc) is 3.30. The van der Waals surface area contributed by atoms with Crippen LogP contribution in [0.1, 0.15) is 36.2 Å². The number of rotatable bonds is 5. The van der Waals surface area contributed by atoms with Crippen molar-refractivity contribution in [1.82, 2.24) is 15.2 Å². The van der Waals surface area contributed by atoms with Crippen LogP contribution in [0.3, 0.4) is 0 Å². The van der Waals surface area contributed by atoms with E-state index in [2.05, 4.69) is 10.3 Å². The van der Waals surface area contributed by atoms with E-state index in [-0.39, 0.29) is 23.3 Å². The molecule has 1 aromatic heterocycles. The first-order chi connectivity index (χ1) is 11.6. The number of aromatic nitrogens is 1. The Labute approximate surface area is 141 Å². The molecule has 0 bridgehead atoms. The molecule has 6 heteroatoms. The van der Waals surface area contributed by atoms with Gasteiger partial charge in [-0.1, -0.05) is 6.07 Å². The first-order valence-corrected chi connectivity index (χ1v) is 8.74. The molecule has 0 radical (unpaired) electrons. The van der Waals surface area contributed by atoms with Crippen LogP contribution in [0, 0.1) is 11.8 Å². The lowest BCUT2D eigenvalue weighted by Crippen LogP contribution is -2.63. The molecule has 1 unspecified atom stereocenters. The van der Waals surface area contributed by atoms with Crippen molar-refractivity contribution < 1.29 is 14.3 Å². The van der Waals surface area contributed by atoms with Gasteiger partial charge in [0.15, 0.2) is 0 Å². The van der Waals surface area contributed by atoms with E-state index in [0.717, 1.165) is 13.0 Å². The first-order valence-electron chi connectivity index (χ1n) is 8.74. The molecule has 3 heterocycles. The van der Waals surface area contributed by atoms with E-state index in [0.29, 0.717) is 37.7 Å². The van der Waals surface area contributed by atoms with Gasteiger partial charge in [0.1, 0.15) is 11.3 Å². The number of amides is 2. The zero-order chi connectivity index (χ0) is 16.6. The maximum absolute atomic E-state index is 12.3. The van der Waals surface area contributed by atoms with E-state index in [1.165, 1.54) is 12.8 Å². The van der Waals surface area contributed by atoms with Crippen LogP contribution in [0.15, 0.2) is 24.4 Å². The molecule has 1 spiro atoms. The van der Waals surface area contributed by atoms with E-state index >= 15 is 0 Å². The molecule has 128 valence electrons. The standard InChI is InChI=1S/C18H23N3O3/c22-16(20-9-13-4-5-13)7-14-8-18(24-10-14)11-21(12-18)17(23)15-3-1-2-6-19-15/h1-3,6,13-14H,4-5,7-12H2,(H,20,22). The summed E-state index contributed by atoms with van der Waals surface area (Å²) in [6.07, 6.45) is 5.51. The van der Waals surface area contributed by atoms with Gasteiger partial charge in [0, 0.05) is 19.2 Å². The molecule has 1 atom stereocenters. The lowest BCUT2D eigenvalue weighted by molar-refractivity contribution is -0.122. The van der Waals surface area contributed by atoms with Crippen molar-refractivity contribution in [1.29, 1.82) is 0 Å². The van der Waals surface area contributed by atoms with Crippen molar-refractivity contribution in [2.75, 3.05) is 26.2 Å². The number of nitrogens with zero attached hydrogens (tertiary/aromatic N) is 2. The number of ether oxygens (including phenoxy) is 1. The second-order valence-corrected chi connectivity index (χ2v) is 7.39. The molecule has 2 saturated heterocycles. The number of carbonyl (C=O) groups is 2. The SMILES string of the molecule is O=C(CC1COC2(C1)CN(C(=O)c1ccccn1)C2)NCC1CC1. The molecular formula is C18H23N3O3. The second kappa shape index (κ2) is 6.16. The van der Waals surface area contributed by atoms with Crippen LogP contribution in [0.2, 0.25) is 0 Å². The monoisotopic (exact) mass is 329 g/mol. The van der Waals surface area contributed by atoms with Gasteiger partial charge < -0.3 is 15.0 Å². The van der Waals surface area contributed by atoms with Crippen molar-refractivity contribution in [3.8, 4) is 0 Å². The maximum Gasteiger partial charge on any atom is 0.272 e. The van der Waals surface area contributed by atoms with Crippen LogP contribution in [-0.2, 0) is 9.53 Å². The zero-order valence-corrected chi connectivity index (χ0v) is 13.7. The summed E-state index contributed by atoms with van der Waals surface area (Å²) in [4.78, 5) is 30.2. The minimum absolute atomic E-state index is 0.0459. The second-order valence-electron chi connectivity index (χ2n) is 7.39. The highest BCUT2D eigenvalue weighted by atomic mass is 16.5. The van der Waals surface area contributed by atoms with E-state index < -0.39 is 0 Å². The Kier molecular flexibility index (Phi) is 4.00. The lowest BCUT2D eigenvalue weighted by atomic mass is 9.85. The number of nitrogens with one attached hydrogen (secondary N) is 1. The highest BCUT2D eigenvalue weighted by Gasteiger charge is 2.51. The van der Waals surface area contributed by atoms with Gasteiger partial charge in [0.2, 0.25) is 5.91 Å². The third-order valence-corrected chi connectivity index (χ3v) is 5.17. The fourth-order valence-corrected chi connectivity index (χ4v) is 3.65. The van der Waals surface area contributed by atoms with Gasteiger partial charge in [-0.15, -0.1) is 0 Å². The van der Waals surface area contributed by atoms with Gasteiger partial charge in [-0.05, 0) is 43.2 Å². The molecule has 2 amide bonds. The molecule has 1 saturated carbocycles. The Morgan fingerprint density at radius 1 is 1.29 bits per heavy atom. The van der Waals surface area contributed by atoms with Crippen molar-refractivity contribution in [2.45, 2.75) is 31.3 Å². The Morgan fingerprint density at radius 3 is 2.83 bits per heavy atom. The molecular weight excluding hydrogens is 306 g/mol. The summed E-state index contributed by atoms with van der Waals surface area (Å²) < 4.78 is 5.95. The van der Waals surface area contributed by atoms with Gasteiger partial charge in [-0.2, -0.15) is 0 Å². The molecule has 1 aliphatic carbocycles. The van der Waals surface area contributed by atoms with Crippen LogP contribution in [0.25, 0.3) is 0 Å². The summed E-state index contributed by atoms with van der Waals surface area (Å²) in [5.41, 5.74) is 0.229. The number of hydrogen-bond acceptors (Lipinski definition) is 4. The third-order valence-electron chi connectivity index (χ3n) is 5.17. The molecule has 1 aromatic rings. The van der Waals surface area contributed by atoms with Crippen molar-refractivity contribution >= 4 is 11.8 Å². The molecule has 3 fully saturated rings. The highest BCUT2D eigenvalue weighted by Crippen LogP contribution is 2.39. The number of pyridine rings is 1. The van der Waals surface area contributed by atoms with E-state index in [9.17, 15) is 9.59 Å². The largest absolute Gasteiger partial charge is 0.371 e. The third kappa shape index (κ3) is 3.29. The molecule has 24 heavy (non-hydrogen) atoms. The predicted molar refractivity (Wildman–Crippen MR) is 87.3 cm³/mol. The predicted octanol–water partition coefficient (Wildman–Crippen LogP) is 1.23. The Hall–Kier alpha value is -1.95. The first kappa shape index (κ1) is 15.6. The highest BCUT2D eigenvalue weighted by molar-refractivity contribution is 5.93. The summed E-state index contributed by atoms with van der Waals surface area (Å²) in [6.45, 7) is 2.64. The Balaban J connectivity index is 1.24. The lowest BCUT2D eigenvalue weighted by Gasteiger charge is -2.47. The summed E-state index contributed by atoms with van der Waals surface area (Å²) in [5.74, 6) is 1.05. The van der Waals surface area contributed by atoms with Gasteiger partial charge in [0.25, 0.3) is 5.91 Å². The van der Waals surface area contributed by atoms with Crippen LogP contribution in [0.5, 0.6) is 0 Å². The maximum atomic E-state index is 12.3. The van der Waals surface area contributed by atoms with Crippen LogP contribution in [-0.4, -0.2) is 53.5 Å². The molecule has 3 aliphatic rings. The molecule has 6 nitrogen and oxygen atoms in total. The topological polar surface area (TPSA) is 71.5 Å². The number of carbonyl (C=O) groups excluding carboxylic acids is 2. The Morgan fingerprint density at radius 2 is 2.12 bits per heavy atom. The summed E-state index contributed by atoms with van der Waals surface area (Å²) >= 11 is 0. The van der Waals surface area contributed by atoms with Crippen molar-refractivity contribution in [2.24, 2.45) is 11.8 Å². The minimum atomic E-state index is -0.244. The molecule has 4 rings (SSSR count). The van der Waals surface area contributed by atoms with Crippen molar-refractivity contribution in [3.05, 3.63) is 30.1 Å². The quantitative estimate of drug-likeness (QED) is 0.882. The van der Waals surface area contributed by atoms with Gasteiger partial charge in [-0.3, -0.25) is 14.6 Å². The minimum Gasteiger partial charge on any atom is -0.371 e. The van der Waals surface area contributed by atoms with Crippen LogP contribution < -0.4 is 5.32 Å². The normalized spacial score (nSPS) is 24.7. The summed E-state index contributed by atoms with van der Waals surface area (Å²) in [6, 6.07) is 5.35. The fraction of sp³-hybridized carbons (Fsp3) is 0.611. The van der Waals surface area contributed by atoms with Gasteiger partial charge >= 0.3 is 0 Å². The van der Waals surface area contributed by atoms with Gasteiger partial charge in [0.05, 0.1) is 19.7 Å². The van der Waals surface area contributed by atoms with Gasteiger partial charge in [-0.25, -0.2) is 0 Å². The smallest absolute Gasteiger partial charge is 0.272 e. The molecule has 1 N–H and O–H groups in total. The van der Waals surface area contributed by atoms with E-state index in [1.807, 2.05) is 6.07 Å². The van der Waals surface area contributed by atoms with Crippen LogP contribution in [0.4, 0.5) is 0 Å². The Bertz CT molecular complexity index is 624. The molecule has 0 aromatic carbocycles. The van der Waals surface area contributed by atoms with Crippen LogP contribution >= 0.6 is 0 Å². The molecule has 2 aliphatic heterocycles. The number of hydrogen-bond donors (Lipinski definition) is 1. The number of likely N-dealkylation sites (tertiary alicyclic amines) is 1. The van der Waals surface area contributed by atoms with E-state index in [4.69, 9.17) is 4.74 Å².